The van der Waals surface area contributed by atoms with Gasteiger partial charge in [0.15, 0.2) is 0 Å². The van der Waals surface area contributed by atoms with Crippen molar-refractivity contribution in [1.82, 2.24) is 14.5 Å². The van der Waals surface area contributed by atoms with Crippen LogP contribution in [-0.2, 0) is 13.0 Å². The van der Waals surface area contributed by atoms with Crippen LogP contribution in [0.3, 0.4) is 0 Å². The number of rotatable bonds is 5. The molecule has 0 unspecified atom stereocenters. The maximum atomic E-state index is 13.9. The van der Waals surface area contributed by atoms with E-state index in [-0.39, 0.29) is 5.82 Å². The zero-order valence-electron chi connectivity index (χ0n) is 17.2. The van der Waals surface area contributed by atoms with Gasteiger partial charge in [0, 0.05) is 48.0 Å². The fourth-order valence-corrected chi connectivity index (χ4v) is 4.29. The summed E-state index contributed by atoms with van der Waals surface area (Å²) in [5.74, 6) is 0.590. The number of anilines is 2. The largest absolute Gasteiger partial charge is 0.384 e. The smallest absolute Gasteiger partial charge is 0.130 e. The molecule has 0 aliphatic carbocycles. The summed E-state index contributed by atoms with van der Waals surface area (Å²) in [6.07, 6.45) is 2.64. The number of halogens is 1. The van der Waals surface area contributed by atoms with E-state index in [1.807, 2.05) is 13.0 Å². The van der Waals surface area contributed by atoms with Gasteiger partial charge in [0.25, 0.3) is 0 Å². The van der Waals surface area contributed by atoms with Crippen LogP contribution < -0.4 is 10.6 Å². The van der Waals surface area contributed by atoms with Crippen LogP contribution in [0.5, 0.6) is 0 Å². The second-order valence-electron chi connectivity index (χ2n) is 7.86. The van der Waals surface area contributed by atoms with Crippen molar-refractivity contribution in [2.75, 3.05) is 23.7 Å². The van der Waals surface area contributed by atoms with Gasteiger partial charge in [0.2, 0.25) is 0 Å². The highest BCUT2D eigenvalue weighted by Crippen LogP contribution is 2.28. The SMILES string of the molecule is Cc1cc(F)cc2c1cc(C)n2CCNc1cc(-c2ccc3c(c2)CCN3)ncn1. The van der Waals surface area contributed by atoms with Crippen LogP contribution in [0.25, 0.3) is 22.2 Å². The third-order valence-corrected chi connectivity index (χ3v) is 5.82. The van der Waals surface area contributed by atoms with Crippen LogP contribution in [0, 0.1) is 19.7 Å². The summed E-state index contributed by atoms with van der Waals surface area (Å²) >= 11 is 0. The first-order chi connectivity index (χ1) is 14.6. The molecule has 2 aromatic carbocycles. The molecule has 0 amide bonds. The van der Waals surface area contributed by atoms with Gasteiger partial charge in [-0.05, 0) is 61.7 Å². The van der Waals surface area contributed by atoms with Crippen LogP contribution in [0.15, 0.2) is 48.8 Å². The first kappa shape index (κ1) is 18.6. The number of benzene rings is 2. The second-order valence-corrected chi connectivity index (χ2v) is 7.86. The Morgan fingerprint density at radius 2 is 2.00 bits per heavy atom. The monoisotopic (exact) mass is 401 g/mol. The third-order valence-electron chi connectivity index (χ3n) is 5.82. The number of nitrogens with zero attached hydrogens (tertiary/aromatic N) is 3. The van der Waals surface area contributed by atoms with Crippen molar-refractivity contribution in [1.29, 1.82) is 0 Å². The molecule has 1 aliphatic rings. The molecule has 6 heteroatoms. The standard InChI is InChI=1S/C24H24FN5/c1-15-9-19(25)12-23-20(15)10-16(2)30(23)8-7-27-24-13-22(28-14-29-24)17-3-4-21-18(11-17)5-6-26-21/h3-4,9-14,26H,5-8H2,1-2H3,(H,27,28,29). The van der Waals surface area contributed by atoms with E-state index in [0.29, 0.717) is 6.54 Å². The van der Waals surface area contributed by atoms with Crippen molar-refractivity contribution < 1.29 is 4.39 Å². The first-order valence-electron chi connectivity index (χ1n) is 10.3. The minimum atomic E-state index is -0.197. The molecule has 0 saturated heterocycles. The quantitative estimate of drug-likeness (QED) is 0.498. The van der Waals surface area contributed by atoms with Gasteiger partial charge < -0.3 is 15.2 Å². The van der Waals surface area contributed by atoms with E-state index in [9.17, 15) is 4.39 Å². The van der Waals surface area contributed by atoms with E-state index in [0.717, 1.165) is 58.7 Å². The summed E-state index contributed by atoms with van der Waals surface area (Å²) in [5, 5.41) is 7.87. The van der Waals surface area contributed by atoms with Crippen LogP contribution in [0.4, 0.5) is 15.9 Å². The van der Waals surface area contributed by atoms with Crippen molar-refractivity contribution >= 4 is 22.4 Å². The fourth-order valence-electron chi connectivity index (χ4n) is 4.29. The molecular weight excluding hydrogens is 377 g/mol. The molecule has 152 valence electrons. The van der Waals surface area contributed by atoms with Gasteiger partial charge in [0.05, 0.1) is 11.2 Å². The molecule has 0 saturated carbocycles. The second kappa shape index (κ2) is 7.44. The highest BCUT2D eigenvalue weighted by Gasteiger charge is 2.12. The van der Waals surface area contributed by atoms with E-state index >= 15 is 0 Å². The predicted molar refractivity (Wildman–Crippen MR) is 120 cm³/mol. The van der Waals surface area contributed by atoms with Crippen LogP contribution in [0.2, 0.25) is 0 Å². The Hall–Kier alpha value is -3.41. The van der Waals surface area contributed by atoms with Crippen LogP contribution in [-0.4, -0.2) is 27.6 Å². The molecule has 5 nitrogen and oxygen atoms in total. The molecule has 2 aromatic heterocycles. The van der Waals surface area contributed by atoms with Gasteiger partial charge in [-0.15, -0.1) is 0 Å². The molecule has 2 N–H and O–H groups in total. The Morgan fingerprint density at radius 3 is 2.90 bits per heavy atom. The summed E-state index contributed by atoms with van der Waals surface area (Å²) < 4.78 is 16.1. The normalized spacial score (nSPS) is 12.8. The molecular formula is C24H24FN5. The highest BCUT2D eigenvalue weighted by molar-refractivity contribution is 5.84. The number of hydrogen-bond donors (Lipinski definition) is 2. The van der Waals surface area contributed by atoms with Crippen molar-refractivity contribution in [3.8, 4) is 11.3 Å². The summed E-state index contributed by atoms with van der Waals surface area (Å²) in [6.45, 7) is 6.41. The lowest BCUT2D eigenvalue weighted by Crippen LogP contribution is -2.12. The third kappa shape index (κ3) is 3.38. The highest BCUT2D eigenvalue weighted by atomic mass is 19.1. The van der Waals surface area contributed by atoms with E-state index in [4.69, 9.17) is 0 Å². The maximum absolute atomic E-state index is 13.9. The predicted octanol–water partition coefficient (Wildman–Crippen LogP) is 4.93. The Kier molecular flexibility index (Phi) is 4.62. The van der Waals surface area contributed by atoms with Crippen molar-refractivity contribution in [3.05, 3.63) is 71.4 Å². The zero-order chi connectivity index (χ0) is 20.7. The topological polar surface area (TPSA) is 54.8 Å². The number of hydrogen-bond acceptors (Lipinski definition) is 4. The lowest BCUT2D eigenvalue weighted by Gasteiger charge is -2.11. The van der Waals surface area contributed by atoms with Gasteiger partial charge in [-0.3, -0.25) is 0 Å². The van der Waals surface area contributed by atoms with Crippen LogP contribution >= 0.6 is 0 Å². The fraction of sp³-hybridized carbons (Fsp3) is 0.250. The Bertz CT molecular complexity index is 1240. The Labute approximate surface area is 175 Å². The summed E-state index contributed by atoms with van der Waals surface area (Å²) in [7, 11) is 0. The van der Waals surface area contributed by atoms with Crippen molar-refractivity contribution in [2.45, 2.75) is 26.8 Å². The van der Waals surface area contributed by atoms with Crippen molar-refractivity contribution in [2.24, 2.45) is 0 Å². The molecule has 4 aromatic rings. The molecule has 1 aliphatic heterocycles. The number of fused-ring (bicyclic) bond motifs is 2. The molecule has 30 heavy (non-hydrogen) atoms. The lowest BCUT2D eigenvalue weighted by atomic mass is 10.1. The summed E-state index contributed by atoms with van der Waals surface area (Å²) in [6, 6.07) is 13.7. The van der Waals surface area contributed by atoms with E-state index in [1.165, 1.54) is 11.3 Å². The minimum Gasteiger partial charge on any atom is -0.384 e. The average molecular weight is 401 g/mol. The molecule has 0 spiro atoms. The van der Waals surface area contributed by atoms with Gasteiger partial charge in [-0.25, -0.2) is 14.4 Å². The minimum absolute atomic E-state index is 0.197. The van der Waals surface area contributed by atoms with E-state index in [2.05, 4.69) is 56.4 Å². The molecule has 5 rings (SSSR count). The Balaban J connectivity index is 1.33. The molecule has 0 radical (unpaired) electrons. The summed E-state index contributed by atoms with van der Waals surface area (Å²) in [5.41, 5.74) is 7.57. The summed E-state index contributed by atoms with van der Waals surface area (Å²) in [4.78, 5) is 8.81. The van der Waals surface area contributed by atoms with Crippen molar-refractivity contribution in [3.63, 3.8) is 0 Å². The maximum Gasteiger partial charge on any atom is 0.130 e. The molecule has 0 atom stereocenters. The van der Waals surface area contributed by atoms with Gasteiger partial charge >= 0.3 is 0 Å². The van der Waals surface area contributed by atoms with E-state index in [1.54, 1.807) is 18.5 Å². The molecule has 3 heterocycles. The number of aromatic nitrogens is 3. The zero-order valence-corrected chi connectivity index (χ0v) is 17.2. The average Bonchev–Trinajstić information content (AvgIpc) is 3.33. The van der Waals surface area contributed by atoms with Crippen LogP contribution in [0.1, 0.15) is 16.8 Å². The molecule has 0 bridgehead atoms. The van der Waals surface area contributed by atoms with E-state index < -0.39 is 0 Å². The first-order valence-corrected chi connectivity index (χ1v) is 10.3. The Morgan fingerprint density at radius 1 is 1.10 bits per heavy atom. The van der Waals surface area contributed by atoms with Gasteiger partial charge in [0.1, 0.15) is 18.0 Å². The molecule has 0 fully saturated rings. The lowest BCUT2D eigenvalue weighted by molar-refractivity contribution is 0.626. The number of aryl methyl sites for hydroxylation is 2. The van der Waals surface area contributed by atoms with Gasteiger partial charge in [-0.1, -0.05) is 6.07 Å². The number of nitrogens with one attached hydrogen (secondary N) is 2. The van der Waals surface area contributed by atoms with Gasteiger partial charge in [-0.2, -0.15) is 0 Å².